The van der Waals surface area contributed by atoms with Crippen molar-refractivity contribution in [2.75, 3.05) is 31.5 Å². The van der Waals surface area contributed by atoms with Gasteiger partial charge in [-0.3, -0.25) is 19.2 Å². The first-order valence-corrected chi connectivity index (χ1v) is 9.30. The molecule has 0 spiro atoms. The molecule has 1 aliphatic heterocycles. The van der Waals surface area contributed by atoms with E-state index in [4.69, 9.17) is 16.3 Å². The molecule has 1 fully saturated rings. The molecule has 1 saturated heterocycles. The predicted molar refractivity (Wildman–Crippen MR) is 101 cm³/mol. The lowest BCUT2D eigenvalue weighted by molar-refractivity contribution is -0.154. The fourth-order valence-corrected chi connectivity index (χ4v) is 2.83. The van der Waals surface area contributed by atoms with Crippen LogP contribution < -0.4 is 5.32 Å². The largest absolute Gasteiger partial charge is 0.453 e. The summed E-state index contributed by atoms with van der Waals surface area (Å²) in [4.78, 5) is 54.7. The van der Waals surface area contributed by atoms with Crippen LogP contribution in [0.3, 0.4) is 0 Å². The number of nitrogens with zero attached hydrogens (tertiary/aromatic N) is 3. The van der Waals surface area contributed by atoms with Gasteiger partial charge in [-0.2, -0.15) is 0 Å². The molecular weight excluding hydrogens is 388 g/mol. The van der Waals surface area contributed by atoms with Crippen molar-refractivity contribution in [3.63, 3.8) is 0 Å². The molecule has 0 unspecified atom stereocenters. The number of aromatic nitrogens is 1. The normalized spacial score (nSPS) is 15.0. The summed E-state index contributed by atoms with van der Waals surface area (Å²) in [6, 6.07) is 3.19. The van der Waals surface area contributed by atoms with Gasteiger partial charge in [0.15, 0.2) is 11.3 Å². The summed E-state index contributed by atoms with van der Waals surface area (Å²) >= 11 is 5.87. The molecule has 0 aliphatic carbocycles. The lowest BCUT2D eigenvalue weighted by atomic mass is 10.2. The van der Waals surface area contributed by atoms with Gasteiger partial charge in [-0.1, -0.05) is 11.6 Å². The zero-order valence-corrected chi connectivity index (χ0v) is 16.6. The van der Waals surface area contributed by atoms with Gasteiger partial charge in [0.25, 0.3) is 5.91 Å². The molecule has 2 rings (SSSR count). The number of amides is 3. The zero-order valence-electron chi connectivity index (χ0n) is 15.8. The molecule has 0 bridgehead atoms. The second-order valence-electron chi connectivity index (χ2n) is 6.35. The Morgan fingerprint density at radius 1 is 1.18 bits per heavy atom. The number of esters is 1. The van der Waals surface area contributed by atoms with Gasteiger partial charge in [-0.05, 0) is 19.1 Å². The minimum absolute atomic E-state index is 0.0122. The summed E-state index contributed by atoms with van der Waals surface area (Å²) in [5.74, 6) is -1.39. The van der Waals surface area contributed by atoms with E-state index in [9.17, 15) is 19.2 Å². The fourth-order valence-electron chi connectivity index (χ4n) is 2.66. The van der Waals surface area contributed by atoms with Gasteiger partial charge in [0.05, 0.1) is 12.1 Å². The van der Waals surface area contributed by atoms with E-state index in [1.54, 1.807) is 21.9 Å². The van der Waals surface area contributed by atoms with Gasteiger partial charge >= 0.3 is 5.97 Å². The lowest BCUT2D eigenvalue weighted by Crippen LogP contribution is -2.50. The molecule has 1 aromatic heterocycles. The number of anilines is 1. The van der Waals surface area contributed by atoms with Crippen LogP contribution in [0.4, 0.5) is 5.69 Å². The standard InChI is InChI=1S/C18H23ClN4O5/c1-12(18(27)21-14-4-3-7-20-17(14)19)28-16(26)6-5-15(25)23-10-8-22(9-11-23)13(2)24/h3-4,7,12H,5-6,8-11H2,1-2H3,(H,21,27)/t12-/m1/s1. The van der Waals surface area contributed by atoms with E-state index in [1.165, 1.54) is 20.0 Å². The third-order valence-corrected chi connectivity index (χ3v) is 4.62. The van der Waals surface area contributed by atoms with Crippen LogP contribution in [0.2, 0.25) is 5.15 Å². The smallest absolute Gasteiger partial charge is 0.307 e. The molecule has 152 valence electrons. The zero-order chi connectivity index (χ0) is 20.7. The van der Waals surface area contributed by atoms with Crippen LogP contribution >= 0.6 is 11.6 Å². The maximum Gasteiger partial charge on any atom is 0.307 e. The summed E-state index contributed by atoms with van der Waals surface area (Å²) in [5.41, 5.74) is 0.317. The first-order valence-electron chi connectivity index (χ1n) is 8.92. The molecular formula is C18H23ClN4O5. The van der Waals surface area contributed by atoms with E-state index in [1.807, 2.05) is 0 Å². The Bertz CT molecular complexity index is 749. The van der Waals surface area contributed by atoms with Crippen LogP contribution in [-0.4, -0.2) is 70.8 Å². The van der Waals surface area contributed by atoms with E-state index in [0.717, 1.165) is 0 Å². The Balaban J connectivity index is 1.73. The van der Waals surface area contributed by atoms with Crippen molar-refractivity contribution in [2.24, 2.45) is 0 Å². The Hall–Kier alpha value is -2.68. The number of rotatable bonds is 6. The summed E-state index contributed by atoms with van der Waals surface area (Å²) in [7, 11) is 0. The predicted octanol–water partition coefficient (Wildman–Crippen LogP) is 1.08. The number of hydrogen-bond acceptors (Lipinski definition) is 6. The van der Waals surface area contributed by atoms with Crippen molar-refractivity contribution >= 4 is 41.0 Å². The summed E-state index contributed by atoms with van der Waals surface area (Å²) in [6.07, 6.45) is 0.301. The van der Waals surface area contributed by atoms with Gasteiger partial charge < -0.3 is 19.9 Å². The molecule has 0 radical (unpaired) electrons. The number of halogens is 1. The van der Waals surface area contributed by atoms with Crippen molar-refractivity contribution in [3.05, 3.63) is 23.5 Å². The average Bonchev–Trinajstić information content (AvgIpc) is 2.67. The van der Waals surface area contributed by atoms with Crippen LogP contribution in [0, 0.1) is 0 Å². The number of hydrogen-bond donors (Lipinski definition) is 1. The van der Waals surface area contributed by atoms with Crippen LogP contribution in [0.5, 0.6) is 0 Å². The van der Waals surface area contributed by atoms with Crippen LogP contribution in [0.25, 0.3) is 0 Å². The molecule has 2 heterocycles. The monoisotopic (exact) mass is 410 g/mol. The summed E-state index contributed by atoms with van der Waals surface area (Å²) in [5, 5.41) is 2.66. The highest BCUT2D eigenvalue weighted by Crippen LogP contribution is 2.18. The van der Waals surface area contributed by atoms with E-state index < -0.39 is 18.0 Å². The third-order valence-electron chi connectivity index (χ3n) is 4.32. The van der Waals surface area contributed by atoms with Gasteiger partial charge in [0.1, 0.15) is 0 Å². The molecule has 1 atom stereocenters. The highest BCUT2D eigenvalue weighted by atomic mass is 35.5. The fraction of sp³-hybridized carbons (Fsp3) is 0.500. The van der Waals surface area contributed by atoms with Crippen molar-refractivity contribution in [2.45, 2.75) is 32.8 Å². The van der Waals surface area contributed by atoms with Gasteiger partial charge in [-0.15, -0.1) is 0 Å². The quantitative estimate of drug-likeness (QED) is 0.555. The van der Waals surface area contributed by atoms with E-state index in [0.29, 0.717) is 31.9 Å². The van der Waals surface area contributed by atoms with Crippen molar-refractivity contribution in [1.29, 1.82) is 0 Å². The molecule has 0 aromatic carbocycles. The second-order valence-corrected chi connectivity index (χ2v) is 6.71. The molecule has 10 heteroatoms. The van der Waals surface area contributed by atoms with Gasteiger partial charge in [0.2, 0.25) is 11.8 Å². The number of carbonyl (C=O) groups excluding carboxylic acids is 4. The Labute approximate surface area is 168 Å². The van der Waals surface area contributed by atoms with Crippen molar-refractivity contribution < 1.29 is 23.9 Å². The first-order chi connectivity index (χ1) is 13.3. The maximum atomic E-state index is 12.2. The molecule has 1 N–H and O–H groups in total. The highest BCUT2D eigenvalue weighted by Gasteiger charge is 2.24. The SMILES string of the molecule is CC(=O)N1CCN(C(=O)CCC(=O)O[C@H](C)C(=O)Nc2cccnc2Cl)CC1. The number of pyridine rings is 1. The molecule has 1 aromatic rings. The van der Waals surface area contributed by atoms with Crippen molar-refractivity contribution in [3.8, 4) is 0 Å². The van der Waals surface area contributed by atoms with Crippen molar-refractivity contribution in [1.82, 2.24) is 14.8 Å². The number of carbonyl (C=O) groups is 4. The van der Waals surface area contributed by atoms with E-state index in [-0.39, 0.29) is 29.8 Å². The number of ether oxygens (including phenoxy) is 1. The van der Waals surface area contributed by atoms with Gasteiger partial charge in [0, 0.05) is 45.7 Å². The Morgan fingerprint density at radius 3 is 2.43 bits per heavy atom. The second kappa shape index (κ2) is 10.0. The lowest BCUT2D eigenvalue weighted by Gasteiger charge is -2.34. The molecule has 0 saturated carbocycles. The topological polar surface area (TPSA) is 109 Å². The average molecular weight is 411 g/mol. The molecule has 3 amide bonds. The minimum Gasteiger partial charge on any atom is -0.453 e. The van der Waals surface area contributed by atoms with Crippen LogP contribution in [0.15, 0.2) is 18.3 Å². The molecule has 28 heavy (non-hydrogen) atoms. The maximum absolute atomic E-state index is 12.2. The number of piperazine rings is 1. The minimum atomic E-state index is -1.04. The Kier molecular flexibility index (Phi) is 7.74. The van der Waals surface area contributed by atoms with Gasteiger partial charge in [-0.25, -0.2) is 4.98 Å². The van der Waals surface area contributed by atoms with E-state index in [2.05, 4.69) is 10.3 Å². The van der Waals surface area contributed by atoms with E-state index >= 15 is 0 Å². The molecule has 9 nitrogen and oxygen atoms in total. The first kappa shape index (κ1) is 21.6. The number of nitrogens with one attached hydrogen (secondary N) is 1. The molecule has 1 aliphatic rings. The Morgan fingerprint density at radius 2 is 1.82 bits per heavy atom. The third kappa shape index (κ3) is 6.19. The summed E-state index contributed by atoms with van der Waals surface area (Å²) < 4.78 is 5.07. The summed E-state index contributed by atoms with van der Waals surface area (Å²) in [6.45, 7) is 4.78. The van der Waals surface area contributed by atoms with Crippen LogP contribution in [-0.2, 0) is 23.9 Å². The highest BCUT2D eigenvalue weighted by molar-refractivity contribution is 6.32. The van der Waals surface area contributed by atoms with Crippen LogP contribution in [0.1, 0.15) is 26.7 Å².